The molecule has 0 bridgehead atoms. The Kier molecular flexibility index (Phi) is 5.54. The van der Waals surface area contributed by atoms with Gasteiger partial charge in [0.25, 0.3) is 0 Å². The summed E-state index contributed by atoms with van der Waals surface area (Å²) in [5.41, 5.74) is 2.02. The van der Waals surface area contributed by atoms with Gasteiger partial charge in [-0.3, -0.25) is 0 Å². The van der Waals surface area contributed by atoms with Gasteiger partial charge in [0.2, 0.25) is 0 Å². The van der Waals surface area contributed by atoms with Crippen LogP contribution < -0.4 is 15.4 Å². The third kappa shape index (κ3) is 4.54. The maximum Gasteiger partial charge on any atom is 0.150 e. The van der Waals surface area contributed by atoms with Crippen molar-refractivity contribution < 1.29 is 4.74 Å². The van der Waals surface area contributed by atoms with E-state index in [1.54, 1.807) is 12.1 Å². The quantitative estimate of drug-likeness (QED) is 0.422. The number of aromatic nitrogens is 2. The Hall–Kier alpha value is -4.37. The fourth-order valence-corrected chi connectivity index (χ4v) is 2.94. The standard InChI is InChI=1S/C24H19N5O/c1-17-26-23(28-20-12-6-5-9-18(20)16-25)15-24(27-17)29-21-13-7-8-14-22(21)30-19-10-3-2-4-11-19/h2-15H,1H3,(H2,26,27,28,29). The topological polar surface area (TPSA) is 82.9 Å². The van der Waals surface area contributed by atoms with Gasteiger partial charge in [-0.2, -0.15) is 5.26 Å². The minimum absolute atomic E-state index is 0.546. The average Bonchev–Trinajstić information content (AvgIpc) is 2.76. The first-order chi connectivity index (χ1) is 14.7. The van der Waals surface area contributed by atoms with Crippen molar-refractivity contribution in [2.75, 3.05) is 10.6 Å². The minimum Gasteiger partial charge on any atom is -0.455 e. The van der Waals surface area contributed by atoms with Crippen molar-refractivity contribution in [3.05, 3.63) is 96.3 Å². The molecular formula is C24H19N5O. The number of anilines is 4. The third-order valence-corrected chi connectivity index (χ3v) is 4.27. The van der Waals surface area contributed by atoms with Gasteiger partial charge in [-0.05, 0) is 43.3 Å². The number of hydrogen-bond donors (Lipinski definition) is 2. The predicted octanol–water partition coefficient (Wildman–Crippen LogP) is 5.94. The Bertz CT molecular complexity index is 1200. The number of nitriles is 1. The summed E-state index contributed by atoms with van der Waals surface area (Å²) in [4.78, 5) is 8.91. The van der Waals surface area contributed by atoms with Gasteiger partial charge in [0, 0.05) is 6.07 Å². The fourth-order valence-electron chi connectivity index (χ4n) is 2.94. The number of hydrogen-bond acceptors (Lipinski definition) is 6. The largest absolute Gasteiger partial charge is 0.455 e. The van der Waals surface area contributed by atoms with Gasteiger partial charge in [0.05, 0.1) is 16.9 Å². The van der Waals surface area contributed by atoms with Crippen LogP contribution in [0.3, 0.4) is 0 Å². The average molecular weight is 393 g/mol. The van der Waals surface area contributed by atoms with Crippen LogP contribution in [0.5, 0.6) is 11.5 Å². The second kappa shape index (κ2) is 8.76. The normalized spacial score (nSPS) is 10.1. The number of benzene rings is 3. The summed E-state index contributed by atoms with van der Waals surface area (Å²) in [5, 5.41) is 15.8. The van der Waals surface area contributed by atoms with Gasteiger partial charge in [0.1, 0.15) is 29.3 Å². The Balaban J connectivity index is 1.60. The zero-order valence-corrected chi connectivity index (χ0v) is 16.3. The van der Waals surface area contributed by atoms with Gasteiger partial charge in [0.15, 0.2) is 5.75 Å². The molecule has 30 heavy (non-hydrogen) atoms. The lowest BCUT2D eigenvalue weighted by molar-refractivity contribution is 0.485. The molecule has 6 heteroatoms. The van der Waals surface area contributed by atoms with E-state index in [-0.39, 0.29) is 0 Å². The van der Waals surface area contributed by atoms with Crippen LogP contribution in [-0.4, -0.2) is 9.97 Å². The molecule has 4 rings (SSSR count). The lowest BCUT2D eigenvalue weighted by Crippen LogP contribution is -2.03. The smallest absolute Gasteiger partial charge is 0.150 e. The number of nitrogens with zero attached hydrogens (tertiary/aromatic N) is 3. The van der Waals surface area contributed by atoms with Gasteiger partial charge >= 0.3 is 0 Å². The summed E-state index contributed by atoms with van der Waals surface area (Å²) >= 11 is 0. The summed E-state index contributed by atoms with van der Waals surface area (Å²) in [6.07, 6.45) is 0. The molecule has 0 radical (unpaired) electrons. The second-order valence-corrected chi connectivity index (χ2v) is 6.50. The van der Waals surface area contributed by atoms with Gasteiger partial charge in [-0.1, -0.05) is 42.5 Å². The third-order valence-electron chi connectivity index (χ3n) is 4.27. The molecule has 0 aliphatic heterocycles. The van der Waals surface area contributed by atoms with Gasteiger partial charge in [-0.15, -0.1) is 0 Å². The maximum atomic E-state index is 9.30. The maximum absolute atomic E-state index is 9.30. The van der Waals surface area contributed by atoms with Crippen molar-refractivity contribution in [1.29, 1.82) is 5.26 Å². The Morgan fingerprint density at radius 1 is 0.767 bits per heavy atom. The molecule has 0 fully saturated rings. The van der Waals surface area contributed by atoms with Crippen molar-refractivity contribution >= 4 is 23.0 Å². The lowest BCUT2D eigenvalue weighted by Gasteiger charge is -2.14. The molecule has 0 saturated carbocycles. The van der Waals surface area contributed by atoms with Crippen LogP contribution in [0.15, 0.2) is 84.9 Å². The van der Waals surface area contributed by atoms with E-state index in [0.29, 0.717) is 34.5 Å². The molecule has 6 nitrogen and oxygen atoms in total. The van der Waals surface area contributed by atoms with Gasteiger partial charge < -0.3 is 15.4 Å². The summed E-state index contributed by atoms with van der Waals surface area (Å²) in [6.45, 7) is 1.82. The SMILES string of the molecule is Cc1nc(Nc2ccccc2C#N)cc(Nc2ccccc2Oc2ccccc2)n1. The van der Waals surface area contributed by atoms with Crippen molar-refractivity contribution in [1.82, 2.24) is 9.97 Å². The molecule has 0 aliphatic carbocycles. The number of aryl methyl sites for hydroxylation is 1. The molecule has 2 N–H and O–H groups in total. The highest BCUT2D eigenvalue weighted by Gasteiger charge is 2.09. The highest BCUT2D eigenvalue weighted by Crippen LogP contribution is 2.31. The molecule has 0 spiro atoms. The van der Waals surface area contributed by atoms with E-state index in [1.165, 1.54) is 0 Å². The van der Waals surface area contributed by atoms with E-state index in [2.05, 4.69) is 26.7 Å². The molecular weight excluding hydrogens is 374 g/mol. The van der Waals surface area contributed by atoms with Crippen LogP contribution in [0.1, 0.15) is 11.4 Å². The lowest BCUT2D eigenvalue weighted by atomic mass is 10.2. The Morgan fingerprint density at radius 2 is 1.37 bits per heavy atom. The van der Waals surface area contributed by atoms with E-state index >= 15 is 0 Å². The molecule has 4 aromatic rings. The molecule has 0 unspecified atom stereocenters. The summed E-state index contributed by atoms with van der Waals surface area (Å²) in [5.74, 6) is 3.24. The highest BCUT2D eigenvalue weighted by atomic mass is 16.5. The number of rotatable bonds is 6. The molecule has 146 valence electrons. The minimum atomic E-state index is 0.546. The van der Waals surface area contributed by atoms with Gasteiger partial charge in [-0.25, -0.2) is 9.97 Å². The van der Waals surface area contributed by atoms with Crippen molar-refractivity contribution in [2.45, 2.75) is 6.92 Å². The van der Waals surface area contributed by atoms with Crippen molar-refractivity contribution in [2.24, 2.45) is 0 Å². The zero-order valence-electron chi connectivity index (χ0n) is 16.3. The van der Waals surface area contributed by atoms with Crippen molar-refractivity contribution in [3.63, 3.8) is 0 Å². The van der Waals surface area contributed by atoms with Crippen LogP contribution in [-0.2, 0) is 0 Å². The highest BCUT2D eigenvalue weighted by molar-refractivity contribution is 5.69. The van der Waals surface area contributed by atoms with Crippen LogP contribution in [0.25, 0.3) is 0 Å². The first kappa shape index (κ1) is 19.0. The molecule has 3 aromatic carbocycles. The van der Waals surface area contributed by atoms with E-state index in [9.17, 15) is 5.26 Å². The van der Waals surface area contributed by atoms with Crippen LogP contribution >= 0.6 is 0 Å². The number of ether oxygens (including phenoxy) is 1. The monoisotopic (exact) mass is 393 g/mol. The summed E-state index contributed by atoms with van der Waals surface area (Å²) < 4.78 is 6.01. The first-order valence-corrected chi connectivity index (χ1v) is 9.42. The van der Waals surface area contributed by atoms with E-state index in [4.69, 9.17) is 4.74 Å². The Labute approximate surface area is 174 Å². The predicted molar refractivity (Wildman–Crippen MR) is 117 cm³/mol. The number of para-hydroxylation sites is 4. The molecule has 0 aliphatic rings. The molecule has 0 amide bonds. The van der Waals surface area contributed by atoms with Crippen LogP contribution in [0.4, 0.5) is 23.0 Å². The molecule has 1 heterocycles. The second-order valence-electron chi connectivity index (χ2n) is 6.50. The zero-order chi connectivity index (χ0) is 20.8. The molecule has 0 atom stereocenters. The van der Waals surface area contributed by atoms with E-state index in [0.717, 1.165) is 11.4 Å². The van der Waals surface area contributed by atoms with Crippen LogP contribution in [0.2, 0.25) is 0 Å². The molecule has 1 aromatic heterocycles. The van der Waals surface area contributed by atoms with E-state index in [1.807, 2.05) is 79.7 Å². The molecule has 0 saturated heterocycles. The fraction of sp³-hybridized carbons (Fsp3) is 0.0417. The summed E-state index contributed by atoms with van der Waals surface area (Å²) in [6, 6.07) is 28.5. The van der Waals surface area contributed by atoms with Crippen molar-refractivity contribution in [3.8, 4) is 17.6 Å². The Morgan fingerprint density at radius 3 is 2.10 bits per heavy atom. The van der Waals surface area contributed by atoms with Crippen LogP contribution in [0, 0.1) is 18.3 Å². The number of nitrogens with one attached hydrogen (secondary N) is 2. The first-order valence-electron chi connectivity index (χ1n) is 9.42. The summed E-state index contributed by atoms with van der Waals surface area (Å²) in [7, 11) is 0. The van der Waals surface area contributed by atoms with E-state index < -0.39 is 0 Å².